The lowest BCUT2D eigenvalue weighted by Gasteiger charge is -2.16. The van der Waals surface area contributed by atoms with Crippen molar-refractivity contribution >= 4 is 0 Å². The molecular weight excluding hydrogens is 234 g/mol. The molecule has 0 amide bonds. The minimum atomic E-state index is -0.00226. The Labute approximate surface area is 115 Å². The topological polar surface area (TPSA) is 39.2 Å². The zero-order valence-corrected chi connectivity index (χ0v) is 12.5. The minimum Gasteiger partial charge on any atom is -0.466 e. The molecule has 2 rings (SSSR count). The molecule has 1 heterocycles. The van der Waals surface area contributed by atoms with Crippen molar-refractivity contribution in [3.05, 3.63) is 57.5 Å². The van der Waals surface area contributed by atoms with E-state index in [4.69, 9.17) is 10.2 Å². The number of benzene rings is 1. The third-order valence-corrected chi connectivity index (χ3v) is 3.74. The first-order valence-corrected chi connectivity index (χ1v) is 6.77. The Morgan fingerprint density at radius 2 is 1.58 bits per heavy atom. The number of aryl methyl sites for hydroxylation is 5. The van der Waals surface area contributed by atoms with Crippen molar-refractivity contribution in [2.75, 3.05) is 0 Å². The van der Waals surface area contributed by atoms with Crippen LogP contribution in [0.15, 0.2) is 22.6 Å². The van der Waals surface area contributed by atoms with Gasteiger partial charge in [0.2, 0.25) is 0 Å². The van der Waals surface area contributed by atoms with Gasteiger partial charge in [-0.25, -0.2) is 0 Å². The molecule has 0 saturated carbocycles. The maximum Gasteiger partial charge on any atom is 0.105 e. The van der Waals surface area contributed by atoms with Crippen LogP contribution in [0.2, 0.25) is 0 Å². The summed E-state index contributed by atoms with van der Waals surface area (Å²) in [6.45, 7) is 10.4. The van der Waals surface area contributed by atoms with Crippen LogP contribution in [-0.2, 0) is 6.42 Å². The Bertz CT molecular complexity index is 572. The Morgan fingerprint density at radius 3 is 2.05 bits per heavy atom. The Morgan fingerprint density at radius 1 is 1.00 bits per heavy atom. The number of furan rings is 1. The number of rotatable bonds is 3. The molecule has 1 aromatic heterocycles. The second-order valence-electron chi connectivity index (χ2n) is 5.56. The number of hydrogen-bond donors (Lipinski definition) is 1. The third kappa shape index (κ3) is 2.90. The number of hydrogen-bond acceptors (Lipinski definition) is 2. The van der Waals surface area contributed by atoms with Gasteiger partial charge in [0.15, 0.2) is 0 Å². The first-order chi connectivity index (χ1) is 8.88. The highest BCUT2D eigenvalue weighted by atomic mass is 16.3. The molecule has 0 aliphatic rings. The first-order valence-electron chi connectivity index (χ1n) is 6.77. The Kier molecular flexibility index (Phi) is 3.81. The van der Waals surface area contributed by atoms with E-state index in [-0.39, 0.29) is 6.04 Å². The van der Waals surface area contributed by atoms with Crippen LogP contribution >= 0.6 is 0 Å². The van der Waals surface area contributed by atoms with Crippen LogP contribution in [0.3, 0.4) is 0 Å². The summed E-state index contributed by atoms with van der Waals surface area (Å²) in [5, 5.41) is 0. The van der Waals surface area contributed by atoms with Crippen molar-refractivity contribution in [3.63, 3.8) is 0 Å². The molecule has 0 bridgehead atoms. The van der Waals surface area contributed by atoms with Gasteiger partial charge in [-0.3, -0.25) is 0 Å². The summed E-state index contributed by atoms with van der Waals surface area (Å²) in [7, 11) is 0. The standard InChI is InChI=1S/C17H23NO/c1-10-6-11(2)15(12(3)7-10)9-17(18)16-8-13(4)19-14(16)5/h6-8,17H,9,18H2,1-5H3. The van der Waals surface area contributed by atoms with E-state index in [2.05, 4.69) is 39.0 Å². The zero-order chi connectivity index (χ0) is 14.2. The van der Waals surface area contributed by atoms with E-state index in [1.54, 1.807) is 0 Å². The van der Waals surface area contributed by atoms with Gasteiger partial charge in [0, 0.05) is 11.6 Å². The summed E-state index contributed by atoms with van der Waals surface area (Å²) in [4.78, 5) is 0. The molecule has 2 N–H and O–H groups in total. The van der Waals surface area contributed by atoms with E-state index in [0.717, 1.165) is 23.5 Å². The van der Waals surface area contributed by atoms with Gasteiger partial charge in [0.05, 0.1) is 0 Å². The van der Waals surface area contributed by atoms with Crippen molar-refractivity contribution in [2.45, 2.75) is 47.1 Å². The van der Waals surface area contributed by atoms with Crippen LogP contribution < -0.4 is 5.73 Å². The molecule has 0 saturated heterocycles. The lowest BCUT2D eigenvalue weighted by molar-refractivity contribution is 0.497. The van der Waals surface area contributed by atoms with Crippen molar-refractivity contribution < 1.29 is 4.42 Å². The maximum absolute atomic E-state index is 6.36. The predicted molar refractivity (Wildman–Crippen MR) is 79.5 cm³/mol. The van der Waals surface area contributed by atoms with Gasteiger partial charge in [-0.05, 0) is 63.8 Å². The molecule has 2 nitrogen and oxygen atoms in total. The fourth-order valence-electron chi connectivity index (χ4n) is 2.88. The van der Waals surface area contributed by atoms with Crippen molar-refractivity contribution in [2.24, 2.45) is 5.73 Å². The molecule has 0 radical (unpaired) electrons. The molecule has 0 aliphatic carbocycles. The Balaban J connectivity index is 2.29. The average Bonchev–Trinajstić information content (AvgIpc) is 2.62. The quantitative estimate of drug-likeness (QED) is 0.900. The molecule has 1 aromatic carbocycles. The van der Waals surface area contributed by atoms with Gasteiger partial charge in [0.25, 0.3) is 0 Å². The minimum absolute atomic E-state index is 0.00226. The van der Waals surface area contributed by atoms with Crippen molar-refractivity contribution in [3.8, 4) is 0 Å². The van der Waals surface area contributed by atoms with E-state index in [0.29, 0.717) is 0 Å². The summed E-state index contributed by atoms with van der Waals surface area (Å²) in [6, 6.07) is 6.50. The van der Waals surface area contributed by atoms with Crippen LogP contribution in [0.5, 0.6) is 0 Å². The van der Waals surface area contributed by atoms with Crippen LogP contribution in [0.4, 0.5) is 0 Å². The smallest absolute Gasteiger partial charge is 0.105 e. The van der Waals surface area contributed by atoms with Crippen LogP contribution in [0, 0.1) is 34.6 Å². The zero-order valence-electron chi connectivity index (χ0n) is 12.5. The SMILES string of the molecule is Cc1cc(C)c(CC(N)c2cc(C)oc2C)c(C)c1. The molecule has 19 heavy (non-hydrogen) atoms. The normalized spacial score (nSPS) is 12.7. The highest BCUT2D eigenvalue weighted by molar-refractivity contribution is 5.39. The van der Waals surface area contributed by atoms with Crippen molar-refractivity contribution in [1.82, 2.24) is 0 Å². The summed E-state index contributed by atoms with van der Waals surface area (Å²) in [6.07, 6.45) is 0.859. The summed E-state index contributed by atoms with van der Waals surface area (Å²) in [5.74, 6) is 1.87. The lowest BCUT2D eigenvalue weighted by Crippen LogP contribution is -2.15. The summed E-state index contributed by atoms with van der Waals surface area (Å²) in [5.41, 5.74) is 12.8. The molecule has 0 fully saturated rings. The van der Waals surface area contributed by atoms with E-state index in [1.165, 1.54) is 22.3 Å². The van der Waals surface area contributed by atoms with E-state index < -0.39 is 0 Å². The fourth-order valence-corrected chi connectivity index (χ4v) is 2.88. The van der Waals surface area contributed by atoms with Gasteiger partial charge >= 0.3 is 0 Å². The average molecular weight is 257 g/mol. The van der Waals surface area contributed by atoms with E-state index in [1.807, 2.05) is 13.8 Å². The van der Waals surface area contributed by atoms with Gasteiger partial charge < -0.3 is 10.2 Å². The molecule has 1 unspecified atom stereocenters. The number of nitrogens with two attached hydrogens (primary N) is 1. The van der Waals surface area contributed by atoms with Crippen LogP contribution in [0.25, 0.3) is 0 Å². The molecule has 2 heteroatoms. The molecule has 2 aromatic rings. The lowest BCUT2D eigenvalue weighted by atomic mass is 9.92. The van der Waals surface area contributed by atoms with E-state index in [9.17, 15) is 0 Å². The maximum atomic E-state index is 6.36. The summed E-state index contributed by atoms with van der Waals surface area (Å²) >= 11 is 0. The van der Waals surface area contributed by atoms with Crippen molar-refractivity contribution in [1.29, 1.82) is 0 Å². The van der Waals surface area contributed by atoms with Gasteiger partial charge in [-0.2, -0.15) is 0 Å². The molecular formula is C17H23NO. The van der Waals surface area contributed by atoms with Gasteiger partial charge in [0.1, 0.15) is 11.5 Å². The third-order valence-electron chi connectivity index (χ3n) is 3.74. The highest BCUT2D eigenvalue weighted by Gasteiger charge is 2.16. The summed E-state index contributed by atoms with van der Waals surface area (Å²) < 4.78 is 5.57. The van der Waals surface area contributed by atoms with Crippen LogP contribution in [-0.4, -0.2) is 0 Å². The fraction of sp³-hybridized carbons (Fsp3) is 0.412. The predicted octanol–water partition coefficient (Wildman–Crippen LogP) is 4.06. The second kappa shape index (κ2) is 5.22. The highest BCUT2D eigenvalue weighted by Crippen LogP contribution is 2.26. The Hall–Kier alpha value is -1.54. The van der Waals surface area contributed by atoms with Gasteiger partial charge in [-0.1, -0.05) is 17.7 Å². The second-order valence-corrected chi connectivity index (χ2v) is 5.56. The molecule has 0 aliphatic heterocycles. The van der Waals surface area contributed by atoms with E-state index >= 15 is 0 Å². The molecule has 0 spiro atoms. The molecule has 102 valence electrons. The van der Waals surface area contributed by atoms with Crippen LogP contribution in [0.1, 0.15) is 45.4 Å². The monoisotopic (exact) mass is 257 g/mol. The first kappa shape index (κ1) is 13.9. The molecule has 1 atom stereocenters. The largest absolute Gasteiger partial charge is 0.466 e. The van der Waals surface area contributed by atoms with Gasteiger partial charge in [-0.15, -0.1) is 0 Å².